The molecule has 2 aromatic rings. The minimum absolute atomic E-state index is 0.00927. The molecule has 1 aromatic heterocycles. The molecular weight excluding hydrogens is 510 g/mol. The van der Waals surface area contributed by atoms with Gasteiger partial charge in [-0.2, -0.15) is 15.0 Å². The third-order valence-electron chi connectivity index (χ3n) is 8.36. The van der Waals surface area contributed by atoms with Crippen molar-refractivity contribution in [2.45, 2.75) is 24.5 Å². The third-order valence-corrected chi connectivity index (χ3v) is 8.36. The molecule has 1 saturated carbocycles. The molecule has 2 heterocycles. The smallest absolute Gasteiger partial charge is 0.255 e. The summed E-state index contributed by atoms with van der Waals surface area (Å²) in [7, 11) is 1.65. The van der Waals surface area contributed by atoms with Gasteiger partial charge in [0.05, 0.1) is 31.0 Å². The molecule has 39 heavy (non-hydrogen) atoms. The Morgan fingerprint density at radius 3 is 2.54 bits per heavy atom. The first kappa shape index (κ1) is 25.2. The van der Waals surface area contributed by atoms with Crippen molar-refractivity contribution >= 4 is 23.2 Å². The average molecular weight is 538 g/mol. The van der Waals surface area contributed by atoms with Crippen molar-refractivity contribution in [2.75, 3.05) is 26.3 Å². The Labute approximate surface area is 221 Å². The summed E-state index contributed by atoms with van der Waals surface area (Å²) >= 11 is 0. The molecule has 13 nitrogen and oxygen atoms in total. The number of morpholine rings is 1. The lowest BCUT2D eigenvalue weighted by Gasteiger charge is -2.51. The second-order valence-corrected chi connectivity index (χ2v) is 10.4. The van der Waals surface area contributed by atoms with Crippen LogP contribution in [0, 0.1) is 11.8 Å². The van der Waals surface area contributed by atoms with E-state index in [0.717, 1.165) is 0 Å². The number of aliphatic hydroxyl groups excluding tert-OH is 2. The third kappa shape index (κ3) is 3.46. The van der Waals surface area contributed by atoms with E-state index in [1.165, 1.54) is 17.1 Å². The maximum Gasteiger partial charge on any atom is 0.255 e. The second-order valence-electron chi connectivity index (χ2n) is 10.4. The van der Waals surface area contributed by atoms with Crippen molar-refractivity contribution in [1.82, 2.24) is 19.9 Å². The minimum Gasteiger partial charge on any atom is -0.508 e. The lowest BCUT2D eigenvalue weighted by Crippen LogP contribution is -2.67. The number of benzene rings is 1. The van der Waals surface area contributed by atoms with Crippen molar-refractivity contribution in [2.24, 2.45) is 24.6 Å². The number of ketones is 2. The second kappa shape index (κ2) is 8.73. The molecule has 0 radical (unpaired) electrons. The number of aryl methyl sites for hydroxylation is 1. The summed E-state index contributed by atoms with van der Waals surface area (Å²) in [5, 5.41) is 53.4. The Balaban J connectivity index is 1.54. The van der Waals surface area contributed by atoms with Crippen LogP contribution in [0.1, 0.15) is 17.5 Å². The topological polar surface area (TPSA) is 201 Å². The first-order valence-electron chi connectivity index (χ1n) is 12.6. The number of phenols is 1. The number of nitrogens with zero attached hydrogens (tertiary/aromatic N) is 4. The van der Waals surface area contributed by atoms with Crippen LogP contribution in [0.25, 0.3) is 17.0 Å². The molecule has 2 fully saturated rings. The summed E-state index contributed by atoms with van der Waals surface area (Å²) in [4.78, 5) is 43.0. The zero-order valence-electron chi connectivity index (χ0n) is 21.0. The fourth-order valence-electron chi connectivity index (χ4n) is 6.63. The Hall–Kier alpha value is -4.07. The summed E-state index contributed by atoms with van der Waals surface area (Å²) < 4.78 is 5.40. The number of primary amides is 1. The highest BCUT2D eigenvalue weighted by molar-refractivity contribution is 6.24. The number of aliphatic hydroxyl groups is 3. The summed E-state index contributed by atoms with van der Waals surface area (Å²) in [6, 6.07) is 1.88. The van der Waals surface area contributed by atoms with Crippen LogP contribution in [0.3, 0.4) is 0 Å². The fourth-order valence-corrected chi connectivity index (χ4v) is 6.63. The molecule has 0 spiro atoms. The normalized spacial score (nSPS) is 29.2. The van der Waals surface area contributed by atoms with Gasteiger partial charge in [0.1, 0.15) is 28.5 Å². The number of rotatable bonds is 3. The number of aromatic hydroxyl groups is 1. The molecule has 1 aliphatic heterocycles. The first-order chi connectivity index (χ1) is 18.6. The zero-order chi connectivity index (χ0) is 27.8. The lowest BCUT2D eigenvalue weighted by atomic mass is 9.57. The Bertz CT molecular complexity index is 1500. The van der Waals surface area contributed by atoms with Gasteiger partial charge >= 0.3 is 0 Å². The van der Waals surface area contributed by atoms with Crippen LogP contribution < -0.4 is 5.73 Å². The van der Waals surface area contributed by atoms with Gasteiger partial charge in [-0.15, -0.1) is 0 Å². The van der Waals surface area contributed by atoms with Crippen LogP contribution in [0.15, 0.2) is 35.2 Å². The number of carbonyl (C=O) groups excluding carboxylic acids is 3. The monoisotopic (exact) mass is 537 g/mol. The van der Waals surface area contributed by atoms with Crippen LogP contribution in [0.2, 0.25) is 0 Å². The molecule has 6 N–H and O–H groups in total. The van der Waals surface area contributed by atoms with Gasteiger partial charge in [0.25, 0.3) is 5.91 Å². The summed E-state index contributed by atoms with van der Waals surface area (Å²) in [6.45, 7) is 1.20. The highest BCUT2D eigenvalue weighted by Gasteiger charge is 2.64. The number of hydrogen-bond acceptors (Lipinski definition) is 11. The van der Waals surface area contributed by atoms with Gasteiger partial charge in [-0.1, -0.05) is 0 Å². The average Bonchev–Trinajstić information content (AvgIpc) is 3.32. The molecule has 0 unspecified atom stereocenters. The van der Waals surface area contributed by atoms with E-state index in [-0.39, 0.29) is 29.7 Å². The molecule has 0 bridgehead atoms. The van der Waals surface area contributed by atoms with Crippen LogP contribution >= 0.6 is 0 Å². The standard InChI is InChI=1S/C26H27N5O8/c1-30-28-10-15(29-30)12-2-3-16(32)18-13(12)8-11-9-14-20(31-4-6-39-7-5-31)22(34)19(25(27)37)24(36)26(14,38)23(35)17(11)21(18)33/h2-3,10-11,14,20,32-33,36,38H,4-9H2,1H3,(H2,27,37)/t11-,14-,20+,26-/m0/s1. The van der Waals surface area contributed by atoms with E-state index in [1.54, 1.807) is 18.0 Å². The Morgan fingerprint density at radius 1 is 1.18 bits per heavy atom. The number of hydrogen-bond donors (Lipinski definition) is 5. The maximum absolute atomic E-state index is 14.0. The Morgan fingerprint density at radius 2 is 1.90 bits per heavy atom. The van der Waals surface area contributed by atoms with Gasteiger partial charge in [-0.25, -0.2) is 0 Å². The van der Waals surface area contributed by atoms with Crippen LogP contribution in [-0.2, 0) is 32.6 Å². The number of Topliss-reactive ketones (excluding diaryl/α,β-unsaturated/α-hetero) is 2. The molecule has 13 heteroatoms. The number of amides is 1. The van der Waals surface area contributed by atoms with Crippen molar-refractivity contribution in [1.29, 1.82) is 0 Å². The van der Waals surface area contributed by atoms with E-state index in [4.69, 9.17) is 10.5 Å². The van der Waals surface area contributed by atoms with Crippen molar-refractivity contribution in [3.8, 4) is 17.0 Å². The molecule has 6 rings (SSSR count). The van der Waals surface area contributed by atoms with Gasteiger partial charge in [-0.3, -0.25) is 19.3 Å². The van der Waals surface area contributed by atoms with E-state index in [9.17, 15) is 34.8 Å². The molecule has 4 atom stereocenters. The van der Waals surface area contributed by atoms with Gasteiger partial charge in [0, 0.05) is 37.2 Å². The number of ether oxygens (including phenoxy) is 1. The number of phenolic OH excluding ortho intramolecular Hbond substituents is 1. The molecule has 1 saturated heterocycles. The highest BCUT2D eigenvalue weighted by atomic mass is 16.5. The summed E-state index contributed by atoms with van der Waals surface area (Å²) in [5.74, 6) is -6.84. The number of aromatic nitrogens is 3. The quantitative estimate of drug-likeness (QED) is 0.317. The zero-order valence-corrected chi connectivity index (χ0v) is 21.0. The van der Waals surface area contributed by atoms with Crippen molar-refractivity contribution in [3.05, 3.63) is 46.4 Å². The van der Waals surface area contributed by atoms with Gasteiger partial charge in [0.15, 0.2) is 11.4 Å². The summed E-state index contributed by atoms with van der Waals surface area (Å²) in [5.41, 5.74) is 3.35. The SMILES string of the molecule is Cn1ncc(-c2ccc(O)c3c2C[C@H]2C[C@H]4[C@@H](N5CCOCC5)C(=O)C(C(N)=O)=C(O)[C@@]4(O)C(=O)C2=C3O)n1. The molecule has 3 aliphatic carbocycles. The van der Waals surface area contributed by atoms with Crippen molar-refractivity contribution < 1.29 is 39.5 Å². The number of carbonyl (C=O) groups is 3. The van der Waals surface area contributed by atoms with E-state index in [1.807, 2.05) is 0 Å². The predicted octanol–water partition coefficient (Wildman–Crippen LogP) is -0.470. The van der Waals surface area contributed by atoms with Gasteiger partial charge in [0.2, 0.25) is 5.78 Å². The van der Waals surface area contributed by atoms with Gasteiger partial charge < -0.3 is 30.9 Å². The number of fused-ring (bicyclic) bond motifs is 3. The molecule has 4 aliphatic rings. The molecule has 1 amide bonds. The molecular formula is C26H27N5O8. The first-order valence-corrected chi connectivity index (χ1v) is 12.6. The van der Waals surface area contributed by atoms with Gasteiger partial charge in [-0.05, 0) is 36.5 Å². The number of nitrogens with two attached hydrogens (primary N) is 1. The van der Waals surface area contributed by atoms with E-state index < -0.39 is 58.0 Å². The molecule has 204 valence electrons. The van der Waals surface area contributed by atoms with Crippen LogP contribution in [0.5, 0.6) is 5.75 Å². The van der Waals surface area contributed by atoms with Crippen LogP contribution in [-0.4, -0.2) is 95.7 Å². The van der Waals surface area contributed by atoms with E-state index in [2.05, 4.69) is 10.2 Å². The van der Waals surface area contributed by atoms with E-state index in [0.29, 0.717) is 43.1 Å². The summed E-state index contributed by atoms with van der Waals surface area (Å²) in [6.07, 6.45) is 1.72. The molecule has 1 aromatic carbocycles. The Kier molecular flexibility index (Phi) is 5.64. The largest absolute Gasteiger partial charge is 0.508 e. The lowest BCUT2D eigenvalue weighted by molar-refractivity contribution is -0.157. The highest BCUT2D eigenvalue weighted by Crippen LogP contribution is 2.53. The van der Waals surface area contributed by atoms with E-state index >= 15 is 0 Å². The predicted molar refractivity (Wildman–Crippen MR) is 133 cm³/mol. The fraction of sp³-hybridized carbons (Fsp3) is 0.423. The maximum atomic E-state index is 14.0. The van der Waals surface area contributed by atoms with Crippen molar-refractivity contribution in [3.63, 3.8) is 0 Å². The minimum atomic E-state index is -2.68. The van der Waals surface area contributed by atoms with Crippen LogP contribution in [0.4, 0.5) is 0 Å².